The van der Waals surface area contributed by atoms with Gasteiger partial charge in [0.1, 0.15) is 0 Å². The van der Waals surface area contributed by atoms with Crippen LogP contribution in [0.1, 0.15) is 58.8 Å². The summed E-state index contributed by atoms with van der Waals surface area (Å²) in [5.74, 6) is 0. The van der Waals surface area contributed by atoms with E-state index in [2.05, 4.69) is 37.2 Å². The van der Waals surface area contributed by atoms with Crippen molar-refractivity contribution in [1.29, 1.82) is 0 Å². The molecule has 2 atom stereocenters. The second-order valence-electron chi connectivity index (χ2n) is 6.47. The van der Waals surface area contributed by atoms with Crippen molar-refractivity contribution in [3.8, 4) is 0 Å². The first-order valence-corrected chi connectivity index (χ1v) is 8.17. The minimum Gasteiger partial charge on any atom is -0.311 e. The summed E-state index contributed by atoms with van der Waals surface area (Å²) in [5.41, 5.74) is 0.607. The van der Waals surface area contributed by atoms with Gasteiger partial charge in [0.2, 0.25) is 0 Å². The predicted molar refractivity (Wildman–Crippen MR) is 74.1 cm³/mol. The third-order valence-corrected chi connectivity index (χ3v) is 5.62. The molecule has 2 rings (SSSR count). The van der Waals surface area contributed by atoms with E-state index in [1.165, 1.54) is 44.9 Å². The Morgan fingerprint density at radius 1 is 1.00 bits per heavy atom. The Kier molecular flexibility index (Phi) is 4.23. The van der Waals surface area contributed by atoms with Crippen LogP contribution in [0.2, 0.25) is 0 Å². The van der Waals surface area contributed by atoms with Crippen molar-refractivity contribution in [2.24, 2.45) is 5.41 Å². The molecule has 1 nitrogen and oxygen atoms in total. The molecule has 0 aromatic heterocycles. The van der Waals surface area contributed by atoms with Crippen LogP contribution in [0.5, 0.6) is 0 Å². The lowest BCUT2D eigenvalue weighted by atomic mass is 9.75. The largest absolute Gasteiger partial charge is 0.311 e. The minimum absolute atomic E-state index is 0.607. The van der Waals surface area contributed by atoms with E-state index in [1.807, 2.05) is 0 Å². The van der Waals surface area contributed by atoms with E-state index >= 15 is 0 Å². The average molecular weight is 241 g/mol. The van der Waals surface area contributed by atoms with Gasteiger partial charge < -0.3 is 5.32 Å². The molecule has 0 saturated heterocycles. The van der Waals surface area contributed by atoms with E-state index in [4.69, 9.17) is 0 Å². The van der Waals surface area contributed by atoms with E-state index in [9.17, 15) is 0 Å². The lowest BCUT2D eigenvalue weighted by molar-refractivity contribution is 0.198. The Hall–Kier alpha value is 0.310. The maximum Gasteiger partial charge on any atom is 0.00805 e. The van der Waals surface area contributed by atoms with Crippen molar-refractivity contribution in [3.63, 3.8) is 0 Å². The highest BCUT2D eigenvalue weighted by molar-refractivity contribution is 7.99. The molecular weight excluding hydrogens is 214 g/mol. The number of hydrogen-bond donors (Lipinski definition) is 1. The lowest BCUT2D eigenvalue weighted by Crippen LogP contribution is -2.40. The molecule has 2 saturated carbocycles. The van der Waals surface area contributed by atoms with Crippen LogP contribution < -0.4 is 5.32 Å². The Morgan fingerprint density at radius 3 is 2.25 bits per heavy atom. The van der Waals surface area contributed by atoms with Gasteiger partial charge in [-0.25, -0.2) is 0 Å². The van der Waals surface area contributed by atoms with Crippen molar-refractivity contribution in [2.75, 3.05) is 6.26 Å². The zero-order chi connectivity index (χ0) is 11.6. The van der Waals surface area contributed by atoms with Crippen LogP contribution in [-0.2, 0) is 0 Å². The highest BCUT2D eigenvalue weighted by Gasteiger charge is 2.30. The predicted octanol–water partition coefficient (Wildman–Crippen LogP) is 3.83. The van der Waals surface area contributed by atoms with Crippen LogP contribution in [0.25, 0.3) is 0 Å². The Bertz CT molecular complexity index is 217. The van der Waals surface area contributed by atoms with Gasteiger partial charge in [-0.2, -0.15) is 11.8 Å². The van der Waals surface area contributed by atoms with Gasteiger partial charge in [-0.1, -0.05) is 13.8 Å². The monoisotopic (exact) mass is 241 g/mol. The molecule has 2 aliphatic rings. The summed E-state index contributed by atoms with van der Waals surface area (Å²) in [6.07, 6.45) is 12.1. The molecule has 94 valence electrons. The van der Waals surface area contributed by atoms with E-state index in [0.717, 1.165) is 17.3 Å². The molecule has 0 heterocycles. The first-order valence-electron chi connectivity index (χ1n) is 6.88. The van der Waals surface area contributed by atoms with E-state index in [-0.39, 0.29) is 0 Å². The molecule has 0 aliphatic heterocycles. The zero-order valence-electron chi connectivity index (χ0n) is 11.1. The summed E-state index contributed by atoms with van der Waals surface area (Å²) >= 11 is 2.06. The third-order valence-electron chi connectivity index (χ3n) is 4.53. The quantitative estimate of drug-likeness (QED) is 0.806. The van der Waals surface area contributed by atoms with Gasteiger partial charge in [0, 0.05) is 17.3 Å². The second-order valence-corrected chi connectivity index (χ2v) is 7.61. The zero-order valence-corrected chi connectivity index (χ0v) is 11.9. The van der Waals surface area contributed by atoms with Gasteiger partial charge in [0.05, 0.1) is 0 Å². The highest BCUT2D eigenvalue weighted by atomic mass is 32.2. The number of hydrogen-bond acceptors (Lipinski definition) is 2. The van der Waals surface area contributed by atoms with Crippen molar-refractivity contribution in [2.45, 2.75) is 76.1 Å². The van der Waals surface area contributed by atoms with E-state index < -0.39 is 0 Å². The molecule has 16 heavy (non-hydrogen) atoms. The van der Waals surface area contributed by atoms with Crippen LogP contribution in [0.4, 0.5) is 0 Å². The van der Waals surface area contributed by atoms with E-state index in [0.29, 0.717) is 5.41 Å². The smallest absolute Gasteiger partial charge is 0.00805 e. The summed E-state index contributed by atoms with van der Waals surface area (Å²) in [7, 11) is 0. The summed E-state index contributed by atoms with van der Waals surface area (Å²) in [5, 5.41) is 4.83. The highest BCUT2D eigenvalue weighted by Crippen LogP contribution is 2.36. The Labute approximate surface area is 105 Å². The molecule has 0 aromatic rings. The first kappa shape index (κ1) is 12.8. The summed E-state index contributed by atoms with van der Waals surface area (Å²) in [6, 6.07) is 1.64. The number of rotatable bonds is 3. The van der Waals surface area contributed by atoms with Gasteiger partial charge in [-0.05, 0) is 56.6 Å². The fourth-order valence-electron chi connectivity index (χ4n) is 3.20. The molecule has 0 radical (unpaired) electrons. The SMILES string of the molecule is CSC1CCC(NC2CCC(C)(C)CC2)C1. The summed E-state index contributed by atoms with van der Waals surface area (Å²) < 4.78 is 0. The van der Waals surface area contributed by atoms with Crippen molar-refractivity contribution < 1.29 is 0 Å². The molecule has 2 unspecified atom stereocenters. The molecule has 1 N–H and O–H groups in total. The topological polar surface area (TPSA) is 12.0 Å². The Balaban J connectivity index is 1.71. The van der Waals surface area contributed by atoms with Gasteiger partial charge in [0.25, 0.3) is 0 Å². The molecule has 0 amide bonds. The number of nitrogens with one attached hydrogen (secondary N) is 1. The van der Waals surface area contributed by atoms with Crippen molar-refractivity contribution in [3.05, 3.63) is 0 Å². The van der Waals surface area contributed by atoms with Gasteiger partial charge in [-0.15, -0.1) is 0 Å². The fraction of sp³-hybridized carbons (Fsp3) is 1.00. The first-order chi connectivity index (χ1) is 7.59. The van der Waals surface area contributed by atoms with Crippen LogP contribution in [0.15, 0.2) is 0 Å². The van der Waals surface area contributed by atoms with Crippen molar-refractivity contribution >= 4 is 11.8 Å². The maximum atomic E-state index is 3.91. The summed E-state index contributed by atoms with van der Waals surface area (Å²) in [6.45, 7) is 4.84. The standard InChI is InChI=1S/C14H27NS/c1-14(2)8-6-11(7-9-14)15-12-4-5-13(10-12)16-3/h11-13,15H,4-10H2,1-3H3. The third kappa shape index (κ3) is 3.40. The van der Waals surface area contributed by atoms with Gasteiger partial charge in [-0.3, -0.25) is 0 Å². The fourth-order valence-corrected chi connectivity index (χ4v) is 4.00. The molecule has 2 fully saturated rings. The molecule has 0 spiro atoms. The molecule has 0 bridgehead atoms. The Morgan fingerprint density at radius 2 is 1.69 bits per heavy atom. The average Bonchev–Trinajstić information content (AvgIpc) is 2.69. The molecular formula is C14H27NS. The summed E-state index contributed by atoms with van der Waals surface area (Å²) in [4.78, 5) is 0. The second kappa shape index (κ2) is 5.30. The molecule has 2 heteroatoms. The normalized spacial score (nSPS) is 35.4. The lowest BCUT2D eigenvalue weighted by Gasteiger charge is -2.36. The maximum absolute atomic E-state index is 3.91. The van der Waals surface area contributed by atoms with Crippen LogP contribution in [-0.4, -0.2) is 23.6 Å². The van der Waals surface area contributed by atoms with Crippen molar-refractivity contribution in [1.82, 2.24) is 5.32 Å². The van der Waals surface area contributed by atoms with E-state index in [1.54, 1.807) is 0 Å². The molecule has 0 aromatic carbocycles. The number of thioether (sulfide) groups is 1. The van der Waals surface area contributed by atoms with Crippen LogP contribution >= 0.6 is 11.8 Å². The van der Waals surface area contributed by atoms with Crippen LogP contribution in [0, 0.1) is 5.41 Å². The van der Waals surface area contributed by atoms with Gasteiger partial charge >= 0.3 is 0 Å². The minimum atomic E-state index is 0.607. The molecule has 2 aliphatic carbocycles. The van der Waals surface area contributed by atoms with Crippen LogP contribution in [0.3, 0.4) is 0 Å². The van der Waals surface area contributed by atoms with Gasteiger partial charge in [0.15, 0.2) is 0 Å².